The van der Waals surface area contributed by atoms with E-state index in [0.29, 0.717) is 12.6 Å². The monoisotopic (exact) mass is 273 g/mol. The van der Waals surface area contributed by atoms with Crippen LogP contribution >= 0.6 is 0 Å². The Labute approximate surface area is 120 Å². The normalized spacial score (nSPS) is 11.2. The Morgan fingerprint density at radius 3 is 2.70 bits per heavy atom. The molecule has 1 amide bonds. The van der Waals surface area contributed by atoms with Crippen molar-refractivity contribution >= 4 is 16.8 Å². The fourth-order valence-electron chi connectivity index (χ4n) is 2.09. The van der Waals surface area contributed by atoms with Crippen molar-refractivity contribution in [2.24, 2.45) is 0 Å². The average molecular weight is 273 g/mol. The molecule has 0 atom stereocenters. The topological polar surface area (TPSA) is 37.3 Å². The van der Waals surface area contributed by atoms with Gasteiger partial charge in [-0.05, 0) is 23.1 Å². The summed E-state index contributed by atoms with van der Waals surface area (Å²) in [5.74, 6) is 0.105. The molecule has 0 saturated heterocycles. The molecule has 4 heteroatoms. The molecule has 1 aromatic carbocycles. The Balaban J connectivity index is 2.23. The summed E-state index contributed by atoms with van der Waals surface area (Å²) >= 11 is 0. The molecule has 1 aromatic heterocycles. The van der Waals surface area contributed by atoms with E-state index in [1.54, 1.807) is 19.0 Å². The highest BCUT2D eigenvalue weighted by Crippen LogP contribution is 2.18. The number of benzene rings is 1. The lowest BCUT2D eigenvalue weighted by Crippen LogP contribution is -2.26. The number of aromatic nitrogens is 1. The molecule has 4 nitrogen and oxygen atoms in total. The van der Waals surface area contributed by atoms with Crippen LogP contribution in [0.1, 0.15) is 19.4 Å². The highest BCUT2D eigenvalue weighted by Gasteiger charge is 2.08. The molecule has 20 heavy (non-hydrogen) atoms. The first kappa shape index (κ1) is 14.6. The van der Waals surface area contributed by atoms with E-state index >= 15 is 0 Å². The summed E-state index contributed by atoms with van der Waals surface area (Å²) in [4.78, 5) is 13.5. The number of carbonyl (C=O) groups excluding carboxylic acids is 1. The lowest BCUT2D eigenvalue weighted by Gasteiger charge is -2.12. The van der Waals surface area contributed by atoms with Gasteiger partial charge >= 0.3 is 0 Å². The van der Waals surface area contributed by atoms with Gasteiger partial charge in [-0.1, -0.05) is 26.0 Å². The Kier molecular flexibility index (Phi) is 4.45. The van der Waals surface area contributed by atoms with Crippen LogP contribution in [0.15, 0.2) is 30.5 Å². The van der Waals surface area contributed by atoms with Crippen LogP contribution in [0.25, 0.3) is 10.9 Å². The molecule has 1 N–H and O–H groups in total. The van der Waals surface area contributed by atoms with Crippen LogP contribution in [0.3, 0.4) is 0 Å². The molecule has 0 unspecified atom stereocenters. The molecular weight excluding hydrogens is 250 g/mol. The predicted molar refractivity (Wildman–Crippen MR) is 82.6 cm³/mol. The quantitative estimate of drug-likeness (QED) is 0.907. The molecule has 0 aliphatic rings. The zero-order valence-corrected chi connectivity index (χ0v) is 12.7. The second-order valence-electron chi connectivity index (χ2n) is 5.66. The number of carbonyl (C=O) groups is 1. The maximum atomic E-state index is 11.8. The molecule has 0 saturated carbocycles. The molecule has 108 valence electrons. The predicted octanol–water partition coefficient (Wildman–Crippen LogP) is 2.23. The van der Waals surface area contributed by atoms with Gasteiger partial charge in [0.25, 0.3) is 0 Å². The molecule has 0 aliphatic carbocycles. The molecule has 0 aliphatic heterocycles. The third kappa shape index (κ3) is 3.39. The van der Waals surface area contributed by atoms with Gasteiger partial charge in [-0.3, -0.25) is 4.79 Å². The van der Waals surface area contributed by atoms with Gasteiger partial charge in [0.2, 0.25) is 5.91 Å². The fraction of sp³-hybridized carbons (Fsp3) is 0.438. The highest BCUT2D eigenvalue weighted by molar-refractivity contribution is 5.83. The number of likely N-dealkylation sites (N-methyl/N-ethyl adjacent to an activating group) is 1. The van der Waals surface area contributed by atoms with E-state index in [9.17, 15) is 4.79 Å². The van der Waals surface area contributed by atoms with E-state index < -0.39 is 0 Å². The second-order valence-corrected chi connectivity index (χ2v) is 5.66. The number of amides is 1. The molecule has 0 spiro atoms. The number of hydrogen-bond donors (Lipinski definition) is 1. The minimum atomic E-state index is 0.105. The first-order valence-electron chi connectivity index (χ1n) is 6.98. The first-order chi connectivity index (χ1) is 9.47. The second kappa shape index (κ2) is 6.09. The standard InChI is InChI=1S/C16H23N3O/c1-12(2)17-10-13-5-6-14-7-8-19(15(14)9-13)11-16(20)18(3)4/h5-9,12,17H,10-11H2,1-4H3. The molecule has 0 radical (unpaired) electrons. The van der Waals surface area contributed by atoms with Crippen molar-refractivity contribution < 1.29 is 4.79 Å². The summed E-state index contributed by atoms with van der Waals surface area (Å²) < 4.78 is 2.01. The van der Waals surface area contributed by atoms with E-state index in [1.807, 2.05) is 10.8 Å². The molecule has 1 heterocycles. The highest BCUT2D eigenvalue weighted by atomic mass is 16.2. The Morgan fingerprint density at radius 2 is 2.05 bits per heavy atom. The molecule has 0 bridgehead atoms. The largest absolute Gasteiger partial charge is 0.347 e. The number of fused-ring (bicyclic) bond motifs is 1. The van der Waals surface area contributed by atoms with Crippen molar-refractivity contribution in [3.05, 3.63) is 36.0 Å². The maximum Gasteiger partial charge on any atom is 0.241 e. The van der Waals surface area contributed by atoms with Crippen LogP contribution in [-0.2, 0) is 17.9 Å². The van der Waals surface area contributed by atoms with Crippen molar-refractivity contribution in [1.82, 2.24) is 14.8 Å². The molecule has 2 aromatic rings. The van der Waals surface area contributed by atoms with E-state index in [1.165, 1.54) is 10.9 Å². The minimum Gasteiger partial charge on any atom is -0.347 e. The summed E-state index contributed by atoms with van der Waals surface area (Å²) in [6.45, 7) is 5.51. The van der Waals surface area contributed by atoms with Crippen LogP contribution in [-0.4, -0.2) is 35.5 Å². The van der Waals surface area contributed by atoms with Gasteiger partial charge in [-0.25, -0.2) is 0 Å². The summed E-state index contributed by atoms with van der Waals surface area (Å²) in [7, 11) is 3.57. The van der Waals surface area contributed by atoms with Gasteiger partial charge in [0.05, 0.1) is 0 Å². The lowest BCUT2D eigenvalue weighted by molar-refractivity contribution is -0.129. The van der Waals surface area contributed by atoms with E-state index in [0.717, 1.165) is 12.1 Å². The third-order valence-corrected chi connectivity index (χ3v) is 3.36. The average Bonchev–Trinajstić information content (AvgIpc) is 2.79. The SMILES string of the molecule is CC(C)NCc1ccc2ccn(CC(=O)N(C)C)c2c1. The number of nitrogens with one attached hydrogen (secondary N) is 1. The van der Waals surface area contributed by atoms with Crippen LogP contribution in [0.2, 0.25) is 0 Å². The van der Waals surface area contributed by atoms with Crippen molar-refractivity contribution in [1.29, 1.82) is 0 Å². The van der Waals surface area contributed by atoms with Crippen LogP contribution in [0.4, 0.5) is 0 Å². The van der Waals surface area contributed by atoms with Crippen LogP contribution in [0, 0.1) is 0 Å². The van der Waals surface area contributed by atoms with Crippen molar-refractivity contribution in [2.45, 2.75) is 33.0 Å². The van der Waals surface area contributed by atoms with E-state index in [-0.39, 0.29) is 5.91 Å². The summed E-state index contributed by atoms with van der Waals surface area (Å²) in [5.41, 5.74) is 2.35. The van der Waals surface area contributed by atoms with Gasteiger partial charge in [0.1, 0.15) is 6.54 Å². The Hall–Kier alpha value is -1.81. The van der Waals surface area contributed by atoms with E-state index in [2.05, 4.69) is 43.4 Å². The number of nitrogens with zero attached hydrogens (tertiary/aromatic N) is 2. The summed E-state index contributed by atoms with van der Waals surface area (Å²) in [5, 5.41) is 4.58. The van der Waals surface area contributed by atoms with Gasteiger partial charge in [0, 0.05) is 38.4 Å². The van der Waals surface area contributed by atoms with E-state index in [4.69, 9.17) is 0 Å². The minimum absolute atomic E-state index is 0.105. The van der Waals surface area contributed by atoms with Gasteiger partial charge in [-0.15, -0.1) is 0 Å². The van der Waals surface area contributed by atoms with Crippen LogP contribution < -0.4 is 5.32 Å². The van der Waals surface area contributed by atoms with Crippen molar-refractivity contribution in [3.63, 3.8) is 0 Å². The molecule has 2 rings (SSSR count). The van der Waals surface area contributed by atoms with Gasteiger partial charge in [0.15, 0.2) is 0 Å². The van der Waals surface area contributed by atoms with Crippen molar-refractivity contribution in [3.8, 4) is 0 Å². The first-order valence-corrected chi connectivity index (χ1v) is 6.98. The fourth-order valence-corrected chi connectivity index (χ4v) is 2.09. The lowest BCUT2D eigenvalue weighted by atomic mass is 10.1. The Bertz CT molecular complexity index is 599. The summed E-state index contributed by atoms with van der Waals surface area (Å²) in [6.07, 6.45) is 1.98. The third-order valence-electron chi connectivity index (χ3n) is 3.36. The number of hydrogen-bond acceptors (Lipinski definition) is 2. The molecule has 0 fully saturated rings. The smallest absolute Gasteiger partial charge is 0.241 e. The number of rotatable bonds is 5. The Morgan fingerprint density at radius 1 is 1.30 bits per heavy atom. The van der Waals surface area contributed by atoms with Crippen LogP contribution in [0.5, 0.6) is 0 Å². The van der Waals surface area contributed by atoms with Crippen molar-refractivity contribution in [2.75, 3.05) is 14.1 Å². The zero-order valence-electron chi connectivity index (χ0n) is 12.7. The molecular formula is C16H23N3O. The van der Waals surface area contributed by atoms with Gasteiger partial charge in [-0.2, -0.15) is 0 Å². The summed E-state index contributed by atoms with van der Waals surface area (Å²) in [6, 6.07) is 8.93. The van der Waals surface area contributed by atoms with Gasteiger partial charge < -0.3 is 14.8 Å². The maximum absolute atomic E-state index is 11.8. The zero-order chi connectivity index (χ0) is 14.7.